The molecule has 1 aliphatic carbocycles. The summed E-state index contributed by atoms with van der Waals surface area (Å²) in [4.78, 5) is 0. The number of rotatable bonds is 5. The second kappa shape index (κ2) is 6.76. The Balaban J connectivity index is 1.61. The molecule has 112 valence electrons. The molecule has 0 spiro atoms. The second-order valence-corrected chi connectivity index (χ2v) is 5.71. The third-order valence-corrected chi connectivity index (χ3v) is 4.22. The molecule has 2 aromatic rings. The van der Waals surface area contributed by atoms with E-state index in [0.717, 1.165) is 13.0 Å². The highest BCUT2D eigenvalue weighted by molar-refractivity contribution is 5.45. The van der Waals surface area contributed by atoms with E-state index in [1.165, 1.54) is 30.5 Å². The van der Waals surface area contributed by atoms with Crippen molar-refractivity contribution in [2.45, 2.75) is 44.4 Å². The van der Waals surface area contributed by atoms with Crippen molar-refractivity contribution in [3.63, 3.8) is 0 Å². The molecule has 0 bridgehead atoms. The first-order valence-electron chi connectivity index (χ1n) is 7.71. The van der Waals surface area contributed by atoms with Gasteiger partial charge in [0.2, 0.25) is 0 Å². The van der Waals surface area contributed by atoms with Crippen LogP contribution in [0, 0.1) is 0 Å². The van der Waals surface area contributed by atoms with Gasteiger partial charge in [-0.3, -0.25) is 4.68 Å². The highest BCUT2D eigenvalue weighted by atomic mass is 16.5. The van der Waals surface area contributed by atoms with E-state index in [1.807, 2.05) is 30.3 Å². The van der Waals surface area contributed by atoms with Crippen LogP contribution in [0.25, 0.3) is 0 Å². The Hall–Kier alpha value is -1.81. The lowest BCUT2D eigenvalue weighted by molar-refractivity contribution is 0.0606. The van der Waals surface area contributed by atoms with Gasteiger partial charge >= 0.3 is 0 Å². The summed E-state index contributed by atoms with van der Waals surface area (Å²) in [6, 6.07) is 11.0. The van der Waals surface area contributed by atoms with Crippen LogP contribution in [0.3, 0.4) is 0 Å². The molecule has 3 rings (SSSR count). The average Bonchev–Trinajstić information content (AvgIpc) is 3.03. The first kappa shape index (κ1) is 14.1. The van der Waals surface area contributed by atoms with Crippen molar-refractivity contribution in [3.05, 3.63) is 48.3 Å². The highest BCUT2D eigenvalue weighted by Crippen LogP contribution is 2.24. The Labute approximate surface area is 126 Å². The van der Waals surface area contributed by atoms with Crippen LogP contribution in [-0.4, -0.2) is 29.0 Å². The first-order valence-corrected chi connectivity index (χ1v) is 7.71. The molecule has 2 atom stereocenters. The van der Waals surface area contributed by atoms with Crippen molar-refractivity contribution in [1.82, 2.24) is 9.78 Å². The molecule has 4 nitrogen and oxygen atoms in total. The Kier molecular flexibility index (Phi) is 4.55. The van der Waals surface area contributed by atoms with Gasteiger partial charge in [-0.2, -0.15) is 5.10 Å². The van der Waals surface area contributed by atoms with Crippen LogP contribution in [-0.2, 0) is 11.3 Å². The summed E-state index contributed by atoms with van der Waals surface area (Å²) in [5.74, 6) is 0. The monoisotopic (exact) mass is 285 g/mol. The minimum atomic E-state index is 0.336. The minimum Gasteiger partial charge on any atom is -0.380 e. The van der Waals surface area contributed by atoms with Gasteiger partial charge in [-0.1, -0.05) is 25.0 Å². The normalized spacial score (nSPS) is 22.1. The molecule has 0 radical (unpaired) electrons. The van der Waals surface area contributed by atoms with E-state index in [9.17, 15) is 0 Å². The summed E-state index contributed by atoms with van der Waals surface area (Å²) in [6.07, 6.45) is 9.04. The lowest BCUT2D eigenvalue weighted by Gasteiger charge is -2.31. The van der Waals surface area contributed by atoms with Crippen molar-refractivity contribution < 1.29 is 4.74 Å². The standard InChI is InChI=1S/C17H23N3O/c1-21-17-6-3-2-5-16(17)19-15-9-7-14(8-10-15)13-20-12-4-11-18-20/h4,7-12,16-17,19H,2-3,5-6,13H2,1H3. The summed E-state index contributed by atoms with van der Waals surface area (Å²) >= 11 is 0. The fourth-order valence-corrected chi connectivity index (χ4v) is 3.05. The van der Waals surface area contributed by atoms with Crippen LogP contribution >= 0.6 is 0 Å². The van der Waals surface area contributed by atoms with Crippen LogP contribution in [0.5, 0.6) is 0 Å². The van der Waals surface area contributed by atoms with Gasteiger partial charge in [0.1, 0.15) is 0 Å². The maximum absolute atomic E-state index is 5.60. The smallest absolute Gasteiger partial charge is 0.0772 e. The van der Waals surface area contributed by atoms with Crippen molar-refractivity contribution in [1.29, 1.82) is 0 Å². The van der Waals surface area contributed by atoms with Gasteiger partial charge in [0.25, 0.3) is 0 Å². The van der Waals surface area contributed by atoms with E-state index in [4.69, 9.17) is 4.74 Å². The molecule has 1 heterocycles. The summed E-state index contributed by atoms with van der Waals surface area (Å²) in [6.45, 7) is 0.817. The molecule has 1 saturated carbocycles. The number of benzene rings is 1. The van der Waals surface area contributed by atoms with E-state index in [1.54, 1.807) is 0 Å². The van der Waals surface area contributed by atoms with E-state index in [0.29, 0.717) is 12.1 Å². The zero-order valence-electron chi connectivity index (χ0n) is 12.5. The zero-order chi connectivity index (χ0) is 14.5. The molecule has 0 aliphatic heterocycles. The van der Waals surface area contributed by atoms with Crippen LogP contribution in [0.4, 0.5) is 5.69 Å². The average molecular weight is 285 g/mol. The van der Waals surface area contributed by atoms with Crippen LogP contribution in [0.15, 0.2) is 42.7 Å². The largest absolute Gasteiger partial charge is 0.380 e. The van der Waals surface area contributed by atoms with Crippen molar-refractivity contribution >= 4 is 5.69 Å². The quantitative estimate of drug-likeness (QED) is 0.916. The maximum Gasteiger partial charge on any atom is 0.0772 e. The fraction of sp³-hybridized carbons (Fsp3) is 0.471. The summed E-state index contributed by atoms with van der Waals surface area (Å²) in [7, 11) is 1.82. The van der Waals surface area contributed by atoms with Gasteiger partial charge < -0.3 is 10.1 Å². The van der Waals surface area contributed by atoms with Gasteiger partial charge in [-0.15, -0.1) is 0 Å². The van der Waals surface area contributed by atoms with Crippen LogP contribution in [0.2, 0.25) is 0 Å². The molecular weight excluding hydrogens is 262 g/mol. The molecule has 1 aromatic heterocycles. The van der Waals surface area contributed by atoms with Crippen molar-refractivity contribution in [2.75, 3.05) is 12.4 Å². The van der Waals surface area contributed by atoms with Gasteiger partial charge in [-0.05, 0) is 36.6 Å². The molecule has 0 amide bonds. The number of nitrogens with zero attached hydrogens (tertiary/aromatic N) is 2. The van der Waals surface area contributed by atoms with Crippen LogP contribution in [0.1, 0.15) is 31.2 Å². The van der Waals surface area contributed by atoms with Crippen LogP contribution < -0.4 is 5.32 Å². The molecule has 21 heavy (non-hydrogen) atoms. The number of methoxy groups -OCH3 is 1. The van der Waals surface area contributed by atoms with Crippen molar-refractivity contribution in [3.8, 4) is 0 Å². The molecule has 1 aliphatic rings. The number of aromatic nitrogens is 2. The minimum absolute atomic E-state index is 0.336. The summed E-state index contributed by atoms with van der Waals surface area (Å²) in [5.41, 5.74) is 2.43. The topological polar surface area (TPSA) is 39.1 Å². The zero-order valence-corrected chi connectivity index (χ0v) is 12.5. The van der Waals surface area contributed by atoms with E-state index in [-0.39, 0.29) is 0 Å². The first-order chi connectivity index (χ1) is 10.3. The molecule has 1 fully saturated rings. The van der Waals surface area contributed by atoms with Gasteiger partial charge in [-0.25, -0.2) is 0 Å². The number of nitrogens with one attached hydrogen (secondary N) is 1. The second-order valence-electron chi connectivity index (χ2n) is 5.71. The van der Waals surface area contributed by atoms with Gasteiger partial charge in [0.05, 0.1) is 18.7 Å². The number of ether oxygens (including phenoxy) is 1. The third-order valence-electron chi connectivity index (χ3n) is 4.22. The maximum atomic E-state index is 5.60. The molecule has 2 unspecified atom stereocenters. The number of anilines is 1. The molecule has 1 aromatic carbocycles. The Morgan fingerprint density at radius 2 is 2.05 bits per heavy atom. The predicted octanol–water partition coefficient (Wildman–Crippen LogP) is 3.30. The van der Waals surface area contributed by atoms with E-state index < -0.39 is 0 Å². The van der Waals surface area contributed by atoms with E-state index in [2.05, 4.69) is 34.7 Å². The highest BCUT2D eigenvalue weighted by Gasteiger charge is 2.24. The Bertz CT molecular complexity index is 536. The molecule has 0 saturated heterocycles. The molecule has 1 N–H and O–H groups in total. The molecular formula is C17H23N3O. The fourth-order valence-electron chi connectivity index (χ4n) is 3.05. The lowest BCUT2D eigenvalue weighted by atomic mass is 9.92. The predicted molar refractivity (Wildman–Crippen MR) is 84.4 cm³/mol. The summed E-state index contributed by atoms with van der Waals surface area (Å²) in [5, 5.41) is 7.85. The van der Waals surface area contributed by atoms with Crippen molar-refractivity contribution in [2.24, 2.45) is 0 Å². The van der Waals surface area contributed by atoms with E-state index >= 15 is 0 Å². The molecule has 4 heteroatoms. The SMILES string of the molecule is COC1CCCCC1Nc1ccc(Cn2cccn2)cc1. The third kappa shape index (κ3) is 3.64. The summed E-state index contributed by atoms with van der Waals surface area (Å²) < 4.78 is 7.53. The Morgan fingerprint density at radius 3 is 2.76 bits per heavy atom. The number of hydrogen-bond donors (Lipinski definition) is 1. The number of hydrogen-bond acceptors (Lipinski definition) is 3. The van der Waals surface area contributed by atoms with Gasteiger partial charge in [0, 0.05) is 25.2 Å². The van der Waals surface area contributed by atoms with Gasteiger partial charge in [0.15, 0.2) is 0 Å². The lowest BCUT2D eigenvalue weighted by Crippen LogP contribution is -2.37. The Morgan fingerprint density at radius 1 is 1.24 bits per heavy atom.